The second kappa shape index (κ2) is 5.79. The number of aromatic nitrogens is 1. The summed E-state index contributed by atoms with van der Waals surface area (Å²) < 4.78 is 21.2. The van der Waals surface area contributed by atoms with Gasteiger partial charge in [0.05, 0.1) is 32.7 Å². The summed E-state index contributed by atoms with van der Waals surface area (Å²) in [6.45, 7) is 1.77. The average Bonchev–Trinajstić information content (AvgIpc) is 3.35. The number of ether oxygens (including phenoxy) is 1. The smallest absolute Gasteiger partial charge is 0.343 e. The summed E-state index contributed by atoms with van der Waals surface area (Å²) in [5, 5.41) is -0.177. The van der Waals surface area contributed by atoms with Crippen molar-refractivity contribution < 1.29 is 13.9 Å². The molecule has 1 heterocycles. The van der Waals surface area contributed by atoms with Gasteiger partial charge in [-0.05, 0) is 35.7 Å². The van der Waals surface area contributed by atoms with E-state index in [-0.39, 0.29) is 44.3 Å². The molecule has 1 aromatic carbocycles. The fraction of sp³-hybridized carbons (Fsp3) is 0.333. The Morgan fingerprint density at radius 3 is 2.78 bits per heavy atom. The number of nitrogens with two attached hydrogens (primary N) is 1. The lowest BCUT2D eigenvalue weighted by molar-refractivity contribution is 0.0524. The van der Waals surface area contributed by atoms with Crippen molar-refractivity contribution in [3.8, 4) is 0 Å². The number of hydrogen-bond donors (Lipinski definition) is 1. The molecular weight excluding hydrogens is 391 g/mol. The molecule has 1 aliphatic rings. The molecule has 2 N–H and O–H groups in total. The van der Waals surface area contributed by atoms with Crippen LogP contribution in [0.1, 0.15) is 36.2 Å². The molecule has 122 valence electrons. The van der Waals surface area contributed by atoms with Crippen molar-refractivity contribution in [3.63, 3.8) is 0 Å². The number of pyridine rings is 1. The maximum absolute atomic E-state index is 14.7. The highest BCUT2D eigenvalue weighted by Crippen LogP contribution is 2.42. The van der Waals surface area contributed by atoms with Crippen LogP contribution < -0.4 is 11.2 Å². The standard InChI is InChI=1S/C15H13BrClFN2O3/c1-2-23-15(22)7-5-20(6-3-4-6)13-8(14(7)21)12(19)10(17)9(16)11(13)18/h5-6H,2-4,19H2,1H3. The molecule has 1 fully saturated rings. The van der Waals surface area contributed by atoms with E-state index in [1.165, 1.54) is 6.20 Å². The molecule has 1 aromatic heterocycles. The Bertz CT molecular complexity index is 893. The first-order valence-electron chi connectivity index (χ1n) is 7.06. The molecule has 0 spiro atoms. The van der Waals surface area contributed by atoms with Gasteiger partial charge in [0.15, 0.2) is 5.82 Å². The number of hydrogen-bond acceptors (Lipinski definition) is 4. The van der Waals surface area contributed by atoms with Crippen LogP contribution in [0.5, 0.6) is 0 Å². The van der Waals surface area contributed by atoms with Crippen LogP contribution in [0.2, 0.25) is 5.02 Å². The molecule has 3 rings (SSSR count). The minimum absolute atomic E-state index is 0.00171. The summed E-state index contributed by atoms with van der Waals surface area (Å²) in [5.74, 6) is -1.42. The first-order chi connectivity index (χ1) is 10.9. The number of carbonyl (C=O) groups is 1. The highest BCUT2D eigenvalue weighted by molar-refractivity contribution is 9.10. The fourth-order valence-electron chi connectivity index (χ4n) is 2.53. The van der Waals surface area contributed by atoms with Crippen LogP contribution in [-0.4, -0.2) is 17.1 Å². The van der Waals surface area contributed by atoms with E-state index in [2.05, 4.69) is 15.9 Å². The topological polar surface area (TPSA) is 74.3 Å². The predicted molar refractivity (Wildman–Crippen MR) is 89.5 cm³/mol. The molecule has 0 amide bonds. The molecule has 1 saturated carbocycles. The second-order valence-corrected chi connectivity index (χ2v) is 6.48. The Morgan fingerprint density at radius 1 is 1.57 bits per heavy atom. The minimum atomic E-state index is -0.757. The SMILES string of the molecule is CCOC(=O)c1cn(C2CC2)c2c(F)c(Br)c(Cl)c(N)c2c1=O. The zero-order chi connectivity index (χ0) is 16.9. The lowest BCUT2D eigenvalue weighted by Crippen LogP contribution is -2.22. The normalized spacial score (nSPS) is 14.3. The van der Waals surface area contributed by atoms with Crippen LogP contribution in [-0.2, 0) is 4.74 Å². The third-order valence-corrected chi connectivity index (χ3v) is 5.14. The Kier molecular flexibility index (Phi) is 4.10. The van der Waals surface area contributed by atoms with Gasteiger partial charge >= 0.3 is 5.97 Å². The zero-order valence-electron chi connectivity index (χ0n) is 12.2. The molecule has 1 aliphatic carbocycles. The Balaban J connectivity index is 2.46. The van der Waals surface area contributed by atoms with Crippen molar-refractivity contribution in [3.05, 3.63) is 37.3 Å². The van der Waals surface area contributed by atoms with E-state index >= 15 is 0 Å². The van der Waals surface area contributed by atoms with E-state index in [4.69, 9.17) is 22.1 Å². The first-order valence-corrected chi connectivity index (χ1v) is 8.23. The zero-order valence-corrected chi connectivity index (χ0v) is 14.5. The molecule has 0 radical (unpaired) electrons. The van der Waals surface area contributed by atoms with E-state index in [1.54, 1.807) is 11.5 Å². The lowest BCUT2D eigenvalue weighted by Gasteiger charge is -2.16. The number of rotatable bonds is 3. The van der Waals surface area contributed by atoms with Gasteiger partial charge in [0.1, 0.15) is 5.56 Å². The molecule has 2 aromatic rings. The maximum Gasteiger partial charge on any atom is 0.343 e. The Hall–Kier alpha value is -1.60. The molecule has 0 bridgehead atoms. The first kappa shape index (κ1) is 16.3. The van der Waals surface area contributed by atoms with Crippen LogP contribution in [0.25, 0.3) is 10.9 Å². The van der Waals surface area contributed by atoms with Crippen molar-refractivity contribution >= 4 is 50.1 Å². The summed E-state index contributed by atoms with van der Waals surface area (Å²) in [7, 11) is 0. The molecule has 5 nitrogen and oxygen atoms in total. The molecule has 8 heteroatoms. The van der Waals surface area contributed by atoms with Crippen molar-refractivity contribution in [2.45, 2.75) is 25.8 Å². The number of nitrogen functional groups attached to an aromatic ring is 1. The largest absolute Gasteiger partial charge is 0.462 e. The van der Waals surface area contributed by atoms with Crippen molar-refractivity contribution in [1.82, 2.24) is 4.57 Å². The van der Waals surface area contributed by atoms with E-state index in [0.717, 1.165) is 12.8 Å². The van der Waals surface area contributed by atoms with Crippen LogP contribution in [0.15, 0.2) is 15.5 Å². The van der Waals surface area contributed by atoms with Gasteiger partial charge in [-0.1, -0.05) is 11.6 Å². The summed E-state index contributed by atoms with van der Waals surface area (Å²) in [6.07, 6.45) is 3.02. The third kappa shape index (κ3) is 2.52. The maximum atomic E-state index is 14.7. The van der Waals surface area contributed by atoms with Gasteiger partial charge in [0, 0.05) is 12.2 Å². The number of carbonyl (C=O) groups excluding carboxylic acids is 1. The number of fused-ring (bicyclic) bond motifs is 1. The number of esters is 1. The van der Waals surface area contributed by atoms with Gasteiger partial charge in [0.2, 0.25) is 5.43 Å². The minimum Gasteiger partial charge on any atom is -0.462 e. The summed E-state index contributed by atoms with van der Waals surface area (Å²) in [4.78, 5) is 24.7. The van der Waals surface area contributed by atoms with Crippen LogP contribution in [0, 0.1) is 5.82 Å². The molecule has 23 heavy (non-hydrogen) atoms. The number of nitrogens with zero attached hydrogens (tertiary/aromatic N) is 1. The van der Waals surface area contributed by atoms with E-state index in [9.17, 15) is 14.0 Å². The molecule has 0 saturated heterocycles. The summed E-state index contributed by atoms with van der Waals surface area (Å²) in [6, 6.07) is 0.0215. The lowest BCUT2D eigenvalue weighted by atomic mass is 10.1. The van der Waals surface area contributed by atoms with E-state index < -0.39 is 17.2 Å². The number of benzene rings is 1. The summed E-state index contributed by atoms with van der Waals surface area (Å²) in [5.41, 5.74) is 5.08. The number of halogens is 3. The fourth-order valence-corrected chi connectivity index (χ4v) is 3.11. The van der Waals surface area contributed by atoms with Gasteiger partial charge in [-0.15, -0.1) is 0 Å². The highest BCUT2D eigenvalue weighted by Gasteiger charge is 2.31. The van der Waals surface area contributed by atoms with Crippen molar-refractivity contribution in [2.24, 2.45) is 0 Å². The highest BCUT2D eigenvalue weighted by atomic mass is 79.9. The van der Waals surface area contributed by atoms with E-state index in [1.807, 2.05) is 0 Å². The van der Waals surface area contributed by atoms with Crippen LogP contribution >= 0.6 is 27.5 Å². The van der Waals surface area contributed by atoms with Crippen molar-refractivity contribution in [1.29, 1.82) is 0 Å². The Morgan fingerprint density at radius 2 is 2.22 bits per heavy atom. The predicted octanol–water partition coefficient (Wildman–Crippen LogP) is 3.65. The van der Waals surface area contributed by atoms with Crippen LogP contribution in [0.3, 0.4) is 0 Å². The molecular formula is C15H13BrClFN2O3. The summed E-state index contributed by atoms with van der Waals surface area (Å²) >= 11 is 9.06. The quantitative estimate of drug-likeness (QED) is 0.482. The van der Waals surface area contributed by atoms with Gasteiger partial charge in [-0.25, -0.2) is 9.18 Å². The van der Waals surface area contributed by atoms with Gasteiger partial charge < -0.3 is 15.0 Å². The van der Waals surface area contributed by atoms with Gasteiger partial charge in [-0.2, -0.15) is 0 Å². The second-order valence-electron chi connectivity index (χ2n) is 5.31. The van der Waals surface area contributed by atoms with Gasteiger partial charge in [-0.3, -0.25) is 4.79 Å². The Labute approximate surface area is 144 Å². The average molecular weight is 404 g/mol. The molecule has 0 unspecified atom stereocenters. The van der Waals surface area contributed by atoms with Gasteiger partial charge in [0.25, 0.3) is 0 Å². The number of anilines is 1. The third-order valence-electron chi connectivity index (χ3n) is 3.77. The van der Waals surface area contributed by atoms with Crippen LogP contribution in [0.4, 0.5) is 10.1 Å². The molecule has 0 atom stereocenters. The molecule has 0 aliphatic heterocycles. The monoisotopic (exact) mass is 402 g/mol. The van der Waals surface area contributed by atoms with Crippen molar-refractivity contribution in [2.75, 3.05) is 12.3 Å². The van der Waals surface area contributed by atoms with E-state index in [0.29, 0.717) is 0 Å².